The largest absolute Gasteiger partial charge is 0.497 e. The van der Waals surface area contributed by atoms with Gasteiger partial charge >= 0.3 is 6.03 Å². The highest BCUT2D eigenvalue weighted by Gasteiger charge is 2.52. The average Bonchev–Trinajstić information content (AvgIpc) is 3.39. The van der Waals surface area contributed by atoms with Crippen LogP contribution >= 0.6 is 11.3 Å². The molecule has 2 aromatic rings. The maximum absolute atomic E-state index is 13.2. The van der Waals surface area contributed by atoms with Crippen molar-refractivity contribution in [2.24, 2.45) is 5.92 Å². The first kappa shape index (κ1) is 22.3. The van der Waals surface area contributed by atoms with Crippen LogP contribution in [-0.2, 0) is 22.4 Å². The summed E-state index contributed by atoms with van der Waals surface area (Å²) in [6.45, 7) is 3.38. The molecule has 1 atom stereocenters. The van der Waals surface area contributed by atoms with Crippen LogP contribution in [0, 0.1) is 5.92 Å². The molecule has 1 N–H and O–H groups in total. The van der Waals surface area contributed by atoms with Gasteiger partial charge in [-0.25, -0.2) is 4.79 Å². The molecule has 4 amide bonds. The Balaban J connectivity index is 1.33. The molecule has 0 aliphatic carbocycles. The van der Waals surface area contributed by atoms with Gasteiger partial charge in [-0.2, -0.15) is 11.3 Å². The van der Waals surface area contributed by atoms with Crippen molar-refractivity contribution >= 4 is 29.2 Å². The summed E-state index contributed by atoms with van der Waals surface area (Å²) in [6.07, 6.45) is 2.41. The van der Waals surface area contributed by atoms with Crippen LogP contribution in [0.2, 0.25) is 0 Å². The van der Waals surface area contributed by atoms with Gasteiger partial charge in [-0.3, -0.25) is 14.5 Å². The Kier molecular flexibility index (Phi) is 6.50. The van der Waals surface area contributed by atoms with Crippen LogP contribution in [0.15, 0.2) is 41.1 Å². The van der Waals surface area contributed by atoms with Crippen LogP contribution < -0.4 is 10.1 Å². The van der Waals surface area contributed by atoms with E-state index in [1.54, 1.807) is 18.4 Å². The molecule has 2 saturated heterocycles. The van der Waals surface area contributed by atoms with Gasteiger partial charge in [-0.15, -0.1) is 0 Å². The minimum atomic E-state index is -0.917. The Morgan fingerprint density at radius 1 is 1.16 bits per heavy atom. The molecule has 0 saturated carbocycles. The molecule has 8 heteroatoms. The Labute approximate surface area is 192 Å². The molecule has 2 fully saturated rings. The highest BCUT2D eigenvalue weighted by Crippen LogP contribution is 2.33. The summed E-state index contributed by atoms with van der Waals surface area (Å²) in [6, 6.07) is 9.28. The first-order valence-corrected chi connectivity index (χ1v) is 11.9. The second kappa shape index (κ2) is 9.32. The second-order valence-corrected chi connectivity index (χ2v) is 9.43. The van der Waals surface area contributed by atoms with E-state index in [1.165, 1.54) is 4.90 Å². The molecule has 0 radical (unpaired) electrons. The number of hydrogen-bond acceptors (Lipinski definition) is 5. The van der Waals surface area contributed by atoms with Crippen LogP contribution in [-0.4, -0.2) is 59.9 Å². The zero-order valence-corrected chi connectivity index (χ0v) is 19.3. The number of rotatable bonds is 7. The van der Waals surface area contributed by atoms with E-state index >= 15 is 0 Å². The zero-order chi connectivity index (χ0) is 22.7. The van der Waals surface area contributed by atoms with Crippen molar-refractivity contribution in [3.05, 3.63) is 52.2 Å². The van der Waals surface area contributed by atoms with Crippen LogP contribution in [0.5, 0.6) is 5.75 Å². The standard InChI is InChI=1S/C24H29N3O4S/c1-24(19-8-11-26(12-9-19)21(28)15-18-10-14-32-16-18)22(29)27(23(30)25-24)13-7-17-3-5-20(31-2)6-4-17/h3-6,10,14,16,19H,7-9,11-13,15H2,1-2H3,(H,25,30)/t24-/m0/s1. The van der Waals surface area contributed by atoms with Crippen molar-refractivity contribution < 1.29 is 19.1 Å². The van der Waals surface area contributed by atoms with Gasteiger partial charge in [0.2, 0.25) is 5.91 Å². The number of imide groups is 1. The summed E-state index contributed by atoms with van der Waals surface area (Å²) in [7, 11) is 1.62. The number of piperidine rings is 1. The number of likely N-dealkylation sites (tertiary alicyclic amines) is 1. The molecule has 0 unspecified atom stereocenters. The number of nitrogens with zero attached hydrogens (tertiary/aromatic N) is 2. The molecule has 4 rings (SSSR count). The summed E-state index contributed by atoms with van der Waals surface area (Å²) >= 11 is 1.59. The number of benzene rings is 1. The molecule has 3 heterocycles. The predicted molar refractivity (Wildman–Crippen MR) is 123 cm³/mol. The lowest BCUT2D eigenvalue weighted by Gasteiger charge is -2.39. The first-order valence-electron chi connectivity index (χ1n) is 11.0. The maximum Gasteiger partial charge on any atom is 0.325 e. The second-order valence-electron chi connectivity index (χ2n) is 8.65. The van der Waals surface area contributed by atoms with Crippen molar-refractivity contribution in [3.8, 4) is 5.75 Å². The topological polar surface area (TPSA) is 79.0 Å². The molecule has 0 spiro atoms. The van der Waals surface area contributed by atoms with Gasteiger partial charge in [0.25, 0.3) is 5.91 Å². The van der Waals surface area contributed by atoms with Gasteiger partial charge in [-0.05, 0) is 72.2 Å². The Morgan fingerprint density at radius 3 is 2.50 bits per heavy atom. The maximum atomic E-state index is 13.2. The smallest absolute Gasteiger partial charge is 0.325 e. The van der Waals surface area contributed by atoms with Crippen LogP contribution in [0.3, 0.4) is 0 Å². The zero-order valence-electron chi connectivity index (χ0n) is 18.5. The van der Waals surface area contributed by atoms with Crippen LogP contribution in [0.25, 0.3) is 0 Å². The lowest BCUT2D eigenvalue weighted by atomic mass is 9.78. The van der Waals surface area contributed by atoms with Crippen molar-refractivity contribution in [1.29, 1.82) is 0 Å². The fourth-order valence-corrected chi connectivity index (χ4v) is 5.28. The number of carbonyl (C=O) groups excluding carboxylic acids is 3. The van der Waals surface area contributed by atoms with Crippen LogP contribution in [0.1, 0.15) is 30.9 Å². The van der Waals surface area contributed by atoms with Gasteiger partial charge in [0.15, 0.2) is 0 Å². The minimum Gasteiger partial charge on any atom is -0.497 e. The summed E-state index contributed by atoms with van der Waals surface area (Å²) in [4.78, 5) is 41.6. The minimum absolute atomic E-state index is 0.00938. The molecule has 0 bridgehead atoms. The van der Waals surface area contributed by atoms with Gasteiger partial charge in [0.05, 0.1) is 13.5 Å². The molecule has 2 aliphatic rings. The molecule has 170 valence electrons. The number of amides is 4. The average molecular weight is 456 g/mol. The monoisotopic (exact) mass is 455 g/mol. The lowest BCUT2D eigenvalue weighted by Crippen LogP contribution is -2.54. The third-order valence-electron chi connectivity index (χ3n) is 6.68. The first-order chi connectivity index (χ1) is 15.4. The number of nitrogens with one attached hydrogen (secondary N) is 1. The van der Waals surface area contributed by atoms with E-state index in [1.807, 2.05) is 52.9 Å². The third kappa shape index (κ3) is 4.50. The molecule has 1 aromatic heterocycles. The molecule has 2 aliphatic heterocycles. The van der Waals surface area contributed by atoms with E-state index in [9.17, 15) is 14.4 Å². The number of urea groups is 1. The number of methoxy groups -OCH3 is 1. The Bertz CT molecular complexity index is 968. The van der Waals surface area contributed by atoms with Crippen molar-refractivity contribution in [1.82, 2.24) is 15.1 Å². The van der Waals surface area contributed by atoms with Gasteiger partial charge < -0.3 is 15.0 Å². The fourth-order valence-electron chi connectivity index (χ4n) is 4.61. The van der Waals surface area contributed by atoms with Gasteiger partial charge in [0.1, 0.15) is 11.3 Å². The van der Waals surface area contributed by atoms with E-state index < -0.39 is 5.54 Å². The number of carbonyl (C=O) groups is 3. The molecule has 32 heavy (non-hydrogen) atoms. The summed E-state index contributed by atoms with van der Waals surface area (Å²) < 4.78 is 5.17. The Morgan fingerprint density at radius 2 is 1.88 bits per heavy atom. The van der Waals surface area contributed by atoms with Crippen LogP contribution in [0.4, 0.5) is 4.79 Å². The Hall–Kier alpha value is -2.87. The van der Waals surface area contributed by atoms with E-state index in [-0.39, 0.29) is 23.8 Å². The molecular formula is C24H29N3O4S. The summed E-state index contributed by atoms with van der Waals surface area (Å²) in [5, 5.41) is 6.93. The molecule has 1 aromatic carbocycles. The van der Waals surface area contributed by atoms with Gasteiger partial charge in [-0.1, -0.05) is 12.1 Å². The van der Waals surface area contributed by atoms with E-state index in [2.05, 4.69) is 5.32 Å². The lowest BCUT2D eigenvalue weighted by molar-refractivity contribution is -0.135. The highest BCUT2D eigenvalue weighted by atomic mass is 32.1. The highest BCUT2D eigenvalue weighted by molar-refractivity contribution is 7.08. The van der Waals surface area contributed by atoms with E-state index in [0.717, 1.165) is 16.9 Å². The SMILES string of the molecule is COc1ccc(CCN2C(=O)N[C@@](C)(C3CCN(C(=O)Cc4ccsc4)CC3)C2=O)cc1. The summed E-state index contributed by atoms with van der Waals surface area (Å²) in [5.74, 6) is 0.737. The molecular weight excluding hydrogens is 426 g/mol. The predicted octanol–water partition coefficient (Wildman–Crippen LogP) is 3.09. The number of ether oxygens (including phenoxy) is 1. The number of thiophene rings is 1. The van der Waals surface area contributed by atoms with Gasteiger partial charge in [0, 0.05) is 19.6 Å². The quantitative estimate of drug-likeness (QED) is 0.651. The normalized spacial score (nSPS) is 21.7. The number of hydrogen-bond donors (Lipinski definition) is 1. The summed E-state index contributed by atoms with van der Waals surface area (Å²) in [5.41, 5.74) is 1.16. The van der Waals surface area contributed by atoms with Crippen molar-refractivity contribution in [2.75, 3.05) is 26.7 Å². The fraction of sp³-hybridized carbons (Fsp3) is 0.458. The molecule has 7 nitrogen and oxygen atoms in total. The van der Waals surface area contributed by atoms with E-state index in [4.69, 9.17) is 4.74 Å². The van der Waals surface area contributed by atoms with Crippen molar-refractivity contribution in [3.63, 3.8) is 0 Å². The van der Waals surface area contributed by atoms with E-state index in [0.29, 0.717) is 45.3 Å². The third-order valence-corrected chi connectivity index (χ3v) is 7.42. The van der Waals surface area contributed by atoms with Crippen molar-refractivity contribution in [2.45, 2.75) is 38.1 Å².